The first-order valence-corrected chi connectivity index (χ1v) is 6.38. The Morgan fingerprint density at radius 3 is 2.17 bits per heavy atom. The minimum Gasteiger partial charge on any atom is -0.477 e. The van der Waals surface area contributed by atoms with Gasteiger partial charge in [-0.25, -0.2) is 13.2 Å². The molecular weight excluding hydrogens is 345 g/mol. The predicted octanol–water partition coefficient (Wildman–Crippen LogP) is 4.05. The second-order valence-electron chi connectivity index (χ2n) is 4.26. The number of rotatable bonds is 4. The van der Waals surface area contributed by atoms with Gasteiger partial charge in [0.15, 0.2) is 24.0 Å². The number of carbonyl (C=O) groups is 1. The van der Waals surface area contributed by atoms with Gasteiger partial charge in [0.2, 0.25) is 11.6 Å². The van der Waals surface area contributed by atoms with Crippen LogP contribution in [0.15, 0.2) is 24.3 Å². The first kappa shape index (κ1) is 17.0. The SMILES string of the molecule is O=C(COc1c(F)c(F)cc(F)c1F)Nc1ccc(Cl)cc1F. The molecule has 0 heterocycles. The van der Waals surface area contributed by atoms with Crippen molar-refractivity contribution in [3.8, 4) is 5.75 Å². The molecule has 0 unspecified atom stereocenters. The van der Waals surface area contributed by atoms with E-state index in [2.05, 4.69) is 4.74 Å². The lowest BCUT2D eigenvalue weighted by molar-refractivity contribution is -0.118. The fourth-order valence-corrected chi connectivity index (χ4v) is 1.75. The van der Waals surface area contributed by atoms with Crippen LogP contribution in [0.4, 0.5) is 27.6 Å². The van der Waals surface area contributed by atoms with Crippen molar-refractivity contribution in [3.63, 3.8) is 0 Å². The molecule has 1 amide bonds. The highest BCUT2D eigenvalue weighted by Gasteiger charge is 2.21. The molecule has 0 aromatic heterocycles. The molecule has 2 aromatic rings. The molecule has 122 valence electrons. The fourth-order valence-electron chi connectivity index (χ4n) is 1.59. The lowest BCUT2D eigenvalue weighted by Crippen LogP contribution is -2.21. The van der Waals surface area contributed by atoms with Gasteiger partial charge in [-0.3, -0.25) is 4.79 Å². The highest BCUT2D eigenvalue weighted by molar-refractivity contribution is 6.30. The van der Waals surface area contributed by atoms with Crippen LogP contribution >= 0.6 is 11.6 Å². The van der Waals surface area contributed by atoms with Crippen LogP contribution in [0.1, 0.15) is 0 Å². The standard InChI is InChI=1S/C14H7ClF5NO2/c15-6-1-2-10(7(16)3-6)21-11(22)5-23-14-12(19)8(17)4-9(18)13(14)20/h1-4H,5H2,(H,21,22). The van der Waals surface area contributed by atoms with Gasteiger partial charge in [-0.15, -0.1) is 0 Å². The first-order valence-electron chi connectivity index (χ1n) is 6.00. The number of hydrogen-bond acceptors (Lipinski definition) is 2. The maximum absolute atomic E-state index is 13.4. The summed E-state index contributed by atoms with van der Waals surface area (Å²) in [4.78, 5) is 11.5. The fraction of sp³-hybridized carbons (Fsp3) is 0.0714. The molecule has 2 rings (SSSR count). The minimum absolute atomic E-state index is 0.000680. The summed E-state index contributed by atoms with van der Waals surface area (Å²) in [5, 5.41) is 2.14. The quantitative estimate of drug-likeness (QED) is 0.666. The lowest BCUT2D eigenvalue weighted by Gasteiger charge is -2.10. The molecule has 0 aliphatic carbocycles. The van der Waals surface area contributed by atoms with Gasteiger partial charge >= 0.3 is 0 Å². The largest absolute Gasteiger partial charge is 0.477 e. The van der Waals surface area contributed by atoms with Crippen LogP contribution in [0.2, 0.25) is 5.02 Å². The molecular formula is C14H7ClF5NO2. The van der Waals surface area contributed by atoms with E-state index in [9.17, 15) is 26.7 Å². The molecule has 0 atom stereocenters. The zero-order valence-electron chi connectivity index (χ0n) is 11.1. The Labute approximate surface area is 131 Å². The Morgan fingerprint density at radius 1 is 1.00 bits per heavy atom. The number of nitrogens with one attached hydrogen (secondary N) is 1. The molecule has 0 radical (unpaired) electrons. The van der Waals surface area contributed by atoms with Gasteiger partial charge in [0.05, 0.1) is 5.69 Å². The van der Waals surface area contributed by atoms with Gasteiger partial charge in [-0.05, 0) is 18.2 Å². The second kappa shape index (κ2) is 6.82. The van der Waals surface area contributed by atoms with E-state index in [0.717, 1.165) is 12.1 Å². The number of ether oxygens (including phenoxy) is 1. The molecule has 0 bridgehead atoms. The summed E-state index contributed by atoms with van der Waals surface area (Å²) in [5.41, 5.74) is -0.255. The molecule has 2 aromatic carbocycles. The maximum atomic E-state index is 13.4. The molecule has 23 heavy (non-hydrogen) atoms. The number of amides is 1. The van der Waals surface area contributed by atoms with E-state index in [1.54, 1.807) is 0 Å². The van der Waals surface area contributed by atoms with Crippen molar-refractivity contribution in [3.05, 3.63) is 58.4 Å². The third-order valence-corrected chi connectivity index (χ3v) is 2.86. The van der Waals surface area contributed by atoms with Crippen molar-refractivity contribution >= 4 is 23.2 Å². The Kier molecular flexibility index (Phi) is 5.05. The predicted molar refractivity (Wildman–Crippen MR) is 71.8 cm³/mol. The third-order valence-electron chi connectivity index (χ3n) is 2.62. The highest BCUT2D eigenvalue weighted by Crippen LogP contribution is 2.26. The van der Waals surface area contributed by atoms with Crippen molar-refractivity contribution < 1.29 is 31.5 Å². The van der Waals surface area contributed by atoms with Gasteiger partial charge < -0.3 is 10.1 Å². The van der Waals surface area contributed by atoms with E-state index in [4.69, 9.17) is 11.6 Å². The molecule has 0 aliphatic heterocycles. The number of benzene rings is 2. The normalized spacial score (nSPS) is 10.5. The number of anilines is 1. The Bertz CT molecular complexity index is 743. The molecule has 3 nitrogen and oxygen atoms in total. The van der Waals surface area contributed by atoms with Crippen LogP contribution in [0.5, 0.6) is 5.75 Å². The topological polar surface area (TPSA) is 38.3 Å². The van der Waals surface area contributed by atoms with Crippen molar-refractivity contribution in [2.75, 3.05) is 11.9 Å². The molecule has 0 spiro atoms. The molecule has 0 saturated heterocycles. The van der Waals surface area contributed by atoms with E-state index in [1.165, 1.54) is 6.07 Å². The number of halogens is 6. The van der Waals surface area contributed by atoms with E-state index in [1.807, 2.05) is 5.32 Å². The van der Waals surface area contributed by atoms with Gasteiger partial charge in [0, 0.05) is 11.1 Å². The first-order chi connectivity index (χ1) is 10.8. The Morgan fingerprint density at radius 2 is 1.61 bits per heavy atom. The monoisotopic (exact) mass is 351 g/mol. The lowest BCUT2D eigenvalue weighted by atomic mass is 10.3. The summed E-state index contributed by atoms with van der Waals surface area (Å²) >= 11 is 5.53. The third kappa shape index (κ3) is 3.89. The molecule has 0 saturated carbocycles. The summed E-state index contributed by atoms with van der Waals surface area (Å²) in [6.07, 6.45) is 0. The zero-order chi connectivity index (χ0) is 17.1. The van der Waals surface area contributed by atoms with Gasteiger partial charge in [-0.1, -0.05) is 11.6 Å². The van der Waals surface area contributed by atoms with E-state index >= 15 is 0 Å². The van der Waals surface area contributed by atoms with Crippen LogP contribution < -0.4 is 10.1 Å². The van der Waals surface area contributed by atoms with Crippen LogP contribution in [0.25, 0.3) is 0 Å². The van der Waals surface area contributed by atoms with E-state index in [-0.39, 0.29) is 16.8 Å². The van der Waals surface area contributed by atoms with Crippen LogP contribution in [0, 0.1) is 29.1 Å². The zero-order valence-corrected chi connectivity index (χ0v) is 11.9. The van der Waals surface area contributed by atoms with E-state index in [0.29, 0.717) is 0 Å². The summed E-state index contributed by atoms with van der Waals surface area (Å²) in [5.74, 6) is -10.2. The highest BCUT2D eigenvalue weighted by atomic mass is 35.5. The van der Waals surface area contributed by atoms with Crippen LogP contribution in [0.3, 0.4) is 0 Å². The average Bonchev–Trinajstić information content (AvgIpc) is 2.48. The van der Waals surface area contributed by atoms with Crippen molar-refractivity contribution in [2.24, 2.45) is 0 Å². The molecule has 9 heteroatoms. The molecule has 0 fully saturated rings. The smallest absolute Gasteiger partial charge is 0.262 e. The van der Waals surface area contributed by atoms with Gasteiger partial charge in [0.1, 0.15) is 5.82 Å². The van der Waals surface area contributed by atoms with Crippen LogP contribution in [-0.4, -0.2) is 12.5 Å². The van der Waals surface area contributed by atoms with Crippen molar-refractivity contribution in [1.29, 1.82) is 0 Å². The van der Waals surface area contributed by atoms with Gasteiger partial charge in [-0.2, -0.15) is 8.78 Å². The van der Waals surface area contributed by atoms with E-state index < -0.39 is 47.3 Å². The molecule has 0 aliphatic rings. The van der Waals surface area contributed by atoms with Crippen LogP contribution in [-0.2, 0) is 4.79 Å². The summed E-state index contributed by atoms with van der Waals surface area (Å²) in [7, 11) is 0. The Balaban J connectivity index is 2.08. The average molecular weight is 352 g/mol. The summed E-state index contributed by atoms with van der Waals surface area (Å²) in [6.45, 7) is -1.00. The maximum Gasteiger partial charge on any atom is 0.262 e. The number of carbonyl (C=O) groups excluding carboxylic acids is 1. The summed E-state index contributed by atoms with van der Waals surface area (Å²) in [6, 6.07) is 3.38. The Hall–Kier alpha value is -2.35. The summed E-state index contributed by atoms with van der Waals surface area (Å²) < 4.78 is 70.4. The second-order valence-corrected chi connectivity index (χ2v) is 4.69. The van der Waals surface area contributed by atoms with Crippen molar-refractivity contribution in [1.82, 2.24) is 0 Å². The van der Waals surface area contributed by atoms with Crippen molar-refractivity contribution in [2.45, 2.75) is 0 Å². The molecule has 1 N–H and O–H groups in total. The van der Waals surface area contributed by atoms with Gasteiger partial charge in [0.25, 0.3) is 5.91 Å². The minimum atomic E-state index is -1.78. The number of hydrogen-bond donors (Lipinski definition) is 1.